The summed E-state index contributed by atoms with van der Waals surface area (Å²) in [6, 6.07) is 26.6. The van der Waals surface area contributed by atoms with Gasteiger partial charge in [0.05, 0.1) is 11.8 Å². The SMILES string of the molecule is S=C(Nc1ccccc1)N1N=C(c2ccc(Br)cc2)C[C@H]1c1ccc(Br)cc1. The average molecular weight is 515 g/mol. The van der Waals surface area contributed by atoms with E-state index in [0.717, 1.165) is 32.3 Å². The first-order valence-electron chi connectivity index (χ1n) is 8.84. The molecule has 1 atom stereocenters. The molecule has 1 N–H and O–H groups in total. The van der Waals surface area contributed by atoms with Crippen molar-refractivity contribution in [1.29, 1.82) is 0 Å². The predicted octanol–water partition coefficient (Wildman–Crippen LogP) is 6.76. The van der Waals surface area contributed by atoms with Gasteiger partial charge >= 0.3 is 0 Å². The van der Waals surface area contributed by atoms with Crippen LogP contribution >= 0.6 is 44.1 Å². The minimum atomic E-state index is 0.0514. The molecule has 0 radical (unpaired) electrons. The number of thiocarbonyl (C=S) groups is 1. The summed E-state index contributed by atoms with van der Waals surface area (Å²) < 4.78 is 2.11. The lowest BCUT2D eigenvalue weighted by Crippen LogP contribution is -2.31. The molecule has 0 aromatic heterocycles. The van der Waals surface area contributed by atoms with Crippen LogP contribution in [0.2, 0.25) is 0 Å². The maximum Gasteiger partial charge on any atom is 0.194 e. The molecule has 0 saturated heterocycles. The van der Waals surface area contributed by atoms with Gasteiger partial charge in [-0.3, -0.25) is 0 Å². The number of rotatable bonds is 3. The average Bonchev–Trinajstić information content (AvgIpc) is 3.15. The van der Waals surface area contributed by atoms with Crippen molar-refractivity contribution in [3.8, 4) is 0 Å². The fourth-order valence-electron chi connectivity index (χ4n) is 3.16. The number of hydrogen-bond donors (Lipinski definition) is 1. The Balaban J connectivity index is 1.65. The van der Waals surface area contributed by atoms with Crippen molar-refractivity contribution in [3.63, 3.8) is 0 Å². The Morgan fingerprint density at radius 3 is 2.14 bits per heavy atom. The molecule has 4 rings (SSSR count). The highest BCUT2D eigenvalue weighted by Crippen LogP contribution is 2.34. The van der Waals surface area contributed by atoms with Gasteiger partial charge in [-0.05, 0) is 59.7 Å². The zero-order chi connectivity index (χ0) is 19.5. The maximum absolute atomic E-state index is 5.71. The second-order valence-electron chi connectivity index (χ2n) is 6.47. The number of benzene rings is 3. The Kier molecular flexibility index (Phi) is 5.90. The van der Waals surface area contributed by atoms with Crippen molar-refractivity contribution in [2.45, 2.75) is 12.5 Å². The molecule has 0 spiro atoms. The largest absolute Gasteiger partial charge is 0.331 e. The summed E-state index contributed by atoms with van der Waals surface area (Å²) >= 11 is 12.7. The van der Waals surface area contributed by atoms with Crippen molar-refractivity contribution in [2.75, 3.05) is 5.32 Å². The number of nitrogens with zero attached hydrogens (tertiary/aromatic N) is 2. The highest BCUT2D eigenvalue weighted by Gasteiger charge is 2.31. The predicted molar refractivity (Wildman–Crippen MR) is 127 cm³/mol. The third-order valence-electron chi connectivity index (χ3n) is 4.58. The van der Waals surface area contributed by atoms with Gasteiger partial charge in [-0.25, -0.2) is 5.01 Å². The van der Waals surface area contributed by atoms with Gasteiger partial charge in [0.15, 0.2) is 5.11 Å². The van der Waals surface area contributed by atoms with Crippen molar-refractivity contribution in [1.82, 2.24) is 5.01 Å². The van der Waals surface area contributed by atoms with Gasteiger partial charge in [0.1, 0.15) is 0 Å². The Morgan fingerprint density at radius 2 is 1.50 bits per heavy atom. The van der Waals surface area contributed by atoms with Crippen molar-refractivity contribution < 1.29 is 0 Å². The van der Waals surface area contributed by atoms with E-state index in [0.29, 0.717) is 5.11 Å². The molecule has 0 saturated carbocycles. The van der Waals surface area contributed by atoms with Crippen LogP contribution in [-0.2, 0) is 0 Å². The van der Waals surface area contributed by atoms with Crippen LogP contribution in [0.3, 0.4) is 0 Å². The molecule has 0 aliphatic carbocycles. The number of para-hydroxylation sites is 1. The second kappa shape index (κ2) is 8.55. The Hall–Kier alpha value is -2.02. The molecule has 3 aromatic carbocycles. The summed E-state index contributed by atoms with van der Waals surface area (Å²) in [7, 11) is 0. The smallest absolute Gasteiger partial charge is 0.194 e. The maximum atomic E-state index is 5.71. The fraction of sp³-hybridized carbons (Fsp3) is 0.0909. The standard InChI is InChI=1S/C22H17Br2N3S/c23-17-10-6-15(7-11-17)20-14-21(16-8-12-18(24)13-9-16)27(26-20)22(28)25-19-4-2-1-3-5-19/h1-13,21H,14H2,(H,25,28)/t21-/m0/s1. The van der Waals surface area contributed by atoms with E-state index in [1.807, 2.05) is 47.5 Å². The van der Waals surface area contributed by atoms with Gasteiger partial charge in [0.2, 0.25) is 0 Å². The molecule has 1 aliphatic heterocycles. The van der Waals surface area contributed by atoms with Gasteiger partial charge in [-0.1, -0.05) is 74.3 Å². The molecule has 1 aliphatic rings. The topological polar surface area (TPSA) is 27.6 Å². The quantitative estimate of drug-likeness (QED) is 0.391. The molecule has 6 heteroatoms. The van der Waals surface area contributed by atoms with E-state index in [9.17, 15) is 0 Å². The summed E-state index contributed by atoms with van der Waals surface area (Å²) in [5, 5.41) is 10.7. The number of hydrogen-bond acceptors (Lipinski definition) is 2. The first-order valence-corrected chi connectivity index (χ1v) is 10.8. The van der Waals surface area contributed by atoms with Crippen LogP contribution in [0.15, 0.2) is 92.9 Å². The lowest BCUT2D eigenvalue weighted by atomic mass is 9.99. The summed E-state index contributed by atoms with van der Waals surface area (Å²) in [4.78, 5) is 0. The summed E-state index contributed by atoms with van der Waals surface area (Å²) in [5.41, 5.74) is 4.26. The third kappa shape index (κ3) is 4.35. The van der Waals surface area contributed by atoms with Gasteiger partial charge in [0, 0.05) is 21.1 Å². The molecule has 0 bridgehead atoms. The van der Waals surface area contributed by atoms with Crippen LogP contribution < -0.4 is 5.32 Å². The van der Waals surface area contributed by atoms with Crippen molar-refractivity contribution in [3.05, 3.63) is 98.9 Å². The molecule has 0 fully saturated rings. The number of halogens is 2. The molecule has 140 valence electrons. The Labute approximate surface area is 186 Å². The van der Waals surface area contributed by atoms with Crippen LogP contribution in [0.5, 0.6) is 0 Å². The van der Waals surface area contributed by atoms with E-state index >= 15 is 0 Å². The molecular weight excluding hydrogens is 498 g/mol. The first-order chi connectivity index (χ1) is 13.6. The number of nitrogens with one attached hydrogen (secondary N) is 1. The third-order valence-corrected chi connectivity index (χ3v) is 5.92. The molecule has 0 amide bonds. The number of anilines is 1. The lowest BCUT2D eigenvalue weighted by Gasteiger charge is -2.25. The molecule has 3 nitrogen and oxygen atoms in total. The lowest BCUT2D eigenvalue weighted by molar-refractivity contribution is 0.375. The van der Waals surface area contributed by atoms with Gasteiger partial charge < -0.3 is 5.32 Å². The van der Waals surface area contributed by atoms with E-state index in [1.54, 1.807) is 0 Å². The van der Waals surface area contributed by atoms with E-state index in [1.165, 1.54) is 5.56 Å². The zero-order valence-electron chi connectivity index (χ0n) is 14.8. The van der Waals surface area contributed by atoms with Gasteiger partial charge in [-0.15, -0.1) is 0 Å². The molecule has 28 heavy (non-hydrogen) atoms. The molecule has 1 heterocycles. The van der Waals surface area contributed by atoms with E-state index < -0.39 is 0 Å². The van der Waals surface area contributed by atoms with Crippen molar-refractivity contribution >= 4 is 60.6 Å². The molecule has 3 aromatic rings. The van der Waals surface area contributed by atoms with Crippen LogP contribution in [0.4, 0.5) is 5.69 Å². The van der Waals surface area contributed by atoms with Crippen LogP contribution in [0.25, 0.3) is 0 Å². The van der Waals surface area contributed by atoms with Crippen LogP contribution in [-0.4, -0.2) is 15.8 Å². The van der Waals surface area contributed by atoms with Crippen LogP contribution in [0, 0.1) is 0 Å². The Morgan fingerprint density at radius 1 is 0.893 bits per heavy atom. The highest BCUT2D eigenvalue weighted by molar-refractivity contribution is 9.10. The second-order valence-corrected chi connectivity index (χ2v) is 8.68. The molecule has 0 unspecified atom stereocenters. The van der Waals surface area contributed by atoms with Crippen molar-refractivity contribution in [2.24, 2.45) is 5.10 Å². The van der Waals surface area contributed by atoms with Gasteiger partial charge in [-0.2, -0.15) is 5.10 Å². The Bertz CT molecular complexity index is 1000. The highest BCUT2D eigenvalue weighted by atomic mass is 79.9. The summed E-state index contributed by atoms with van der Waals surface area (Å²) in [5.74, 6) is 0. The number of hydrazone groups is 1. The summed E-state index contributed by atoms with van der Waals surface area (Å²) in [6.45, 7) is 0. The first kappa shape index (κ1) is 19.3. The minimum absolute atomic E-state index is 0.0514. The van der Waals surface area contributed by atoms with E-state index in [-0.39, 0.29) is 6.04 Å². The van der Waals surface area contributed by atoms with Crippen LogP contribution in [0.1, 0.15) is 23.6 Å². The van der Waals surface area contributed by atoms with Gasteiger partial charge in [0.25, 0.3) is 0 Å². The fourth-order valence-corrected chi connectivity index (χ4v) is 3.98. The minimum Gasteiger partial charge on any atom is -0.331 e. The normalized spacial score (nSPS) is 16.0. The monoisotopic (exact) mass is 513 g/mol. The molecular formula is C22H17Br2N3S. The van der Waals surface area contributed by atoms with E-state index in [2.05, 4.69) is 73.6 Å². The van der Waals surface area contributed by atoms with E-state index in [4.69, 9.17) is 17.3 Å². The zero-order valence-corrected chi connectivity index (χ0v) is 18.8. The summed E-state index contributed by atoms with van der Waals surface area (Å²) in [6.07, 6.45) is 0.792.